The molecule has 0 amide bonds. The quantitative estimate of drug-likeness (QED) is 0.593. The van der Waals surface area contributed by atoms with Crippen LogP contribution in [-0.2, 0) is 6.42 Å². The highest BCUT2D eigenvalue weighted by Gasteiger charge is 2.06. The summed E-state index contributed by atoms with van der Waals surface area (Å²) in [5.41, 5.74) is 1.28. The van der Waals surface area contributed by atoms with E-state index in [9.17, 15) is 0 Å². The Hall–Kier alpha value is -0.530. The standard InChI is InChI=1S/C10H9ClS/c1-7-5-8-6-9(11)3-2-4-10(8)12-7/h2-3,5-6H,4H2,1H3. The van der Waals surface area contributed by atoms with E-state index in [1.165, 1.54) is 15.3 Å². The average Bonchev–Trinajstić information content (AvgIpc) is 2.23. The second-order valence-corrected chi connectivity index (χ2v) is 4.65. The van der Waals surface area contributed by atoms with E-state index in [1.54, 1.807) is 0 Å². The van der Waals surface area contributed by atoms with E-state index in [4.69, 9.17) is 11.6 Å². The number of aryl methyl sites for hydroxylation is 1. The third kappa shape index (κ3) is 1.47. The number of halogens is 1. The third-order valence-electron chi connectivity index (χ3n) is 1.84. The number of fused-ring (bicyclic) bond motifs is 1. The van der Waals surface area contributed by atoms with Crippen LogP contribution in [0.1, 0.15) is 15.3 Å². The number of allylic oxidation sites excluding steroid dienone is 3. The highest BCUT2D eigenvalue weighted by molar-refractivity contribution is 7.12. The lowest BCUT2D eigenvalue weighted by Crippen LogP contribution is -1.74. The second-order valence-electron chi connectivity index (χ2n) is 2.87. The van der Waals surface area contributed by atoms with Gasteiger partial charge in [-0.15, -0.1) is 11.3 Å². The first kappa shape index (κ1) is 8.09. The highest BCUT2D eigenvalue weighted by Crippen LogP contribution is 2.28. The Balaban J connectivity index is 2.52. The first-order valence-corrected chi connectivity index (χ1v) is 5.08. The predicted molar refractivity (Wildman–Crippen MR) is 55.7 cm³/mol. The van der Waals surface area contributed by atoms with Crippen molar-refractivity contribution in [1.29, 1.82) is 0 Å². The topological polar surface area (TPSA) is 0 Å². The number of rotatable bonds is 0. The van der Waals surface area contributed by atoms with Crippen molar-refractivity contribution in [2.75, 3.05) is 0 Å². The Bertz CT molecular complexity index is 358. The second kappa shape index (κ2) is 3.08. The molecule has 0 unspecified atom stereocenters. The van der Waals surface area contributed by atoms with Gasteiger partial charge >= 0.3 is 0 Å². The zero-order chi connectivity index (χ0) is 8.55. The van der Waals surface area contributed by atoms with E-state index in [2.05, 4.69) is 19.1 Å². The Kier molecular flexibility index (Phi) is 2.07. The summed E-state index contributed by atoms with van der Waals surface area (Å²) in [4.78, 5) is 2.77. The highest BCUT2D eigenvalue weighted by atomic mass is 35.5. The van der Waals surface area contributed by atoms with Crippen molar-refractivity contribution in [3.63, 3.8) is 0 Å². The lowest BCUT2D eigenvalue weighted by Gasteiger charge is -1.89. The van der Waals surface area contributed by atoms with Crippen molar-refractivity contribution in [1.82, 2.24) is 0 Å². The molecule has 0 fully saturated rings. The SMILES string of the molecule is Cc1cc2c(s1)CC=CC(Cl)=C2. The van der Waals surface area contributed by atoms with Crippen LogP contribution >= 0.6 is 22.9 Å². The van der Waals surface area contributed by atoms with Crippen LogP contribution in [0.2, 0.25) is 0 Å². The van der Waals surface area contributed by atoms with Gasteiger partial charge in [0, 0.05) is 21.2 Å². The van der Waals surface area contributed by atoms with Crippen LogP contribution in [0, 0.1) is 6.92 Å². The molecule has 0 saturated heterocycles. The zero-order valence-electron chi connectivity index (χ0n) is 6.80. The minimum Gasteiger partial charge on any atom is -0.145 e. The molecule has 0 bridgehead atoms. The Morgan fingerprint density at radius 3 is 3.17 bits per heavy atom. The van der Waals surface area contributed by atoms with Gasteiger partial charge in [0.1, 0.15) is 0 Å². The molecular weight excluding hydrogens is 188 g/mol. The van der Waals surface area contributed by atoms with Crippen molar-refractivity contribution in [2.24, 2.45) is 0 Å². The summed E-state index contributed by atoms with van der Waals surface area (Å²) in [6.45, 7) is 2.13. The van der Waals surface area contributed by atoms with E-state index >= 15 is 0 Å². The van der Waals surface area contributed by atoms with Crippen LogP contribution in [-0.4, -0.2) is 0 Å². The van der Waals surface area contributed by atoms with Gasteiger partial charge in [-0.25, -0.2) is 0 Å². The van der Waals surface area contributed by atoms with Gasteiger partial charge in [-0.1, -0.05) is 17.7 Å². The van der Waals surface area contributed by atoms with Gasteiger partial charge in [0.15, 0.2) is 0 Å². The molecule has 0 aromatic carbocycles. The molecule has 1 aliphatic rings. The van der Waals surface area contributed by atoms with Crippen molar-refractivity contribution < 1.29 is 0 Å². The van der Waals surface area contributed by atoms with Crippen LogP contribution in [0.15, 0.2) is 23.3 Å². The van der Waals surface area contributed by atoms with Crippen molar-refractivity contribution in [2.45, 2.75) is 13.3 Å². The maximum absolute atomic E-state index is 5.94. The molecule has 0 nitrogen and oxygen atoms in total. The van der Waals surface area contributed by atoms with Crippen molar-refractivity contribution in [3.8, 4) is 0 Å². The lowest BCUT2D eigenvalue weighted by molar-refractivity contribution is 1.34. The van der Waals surface area contributed by atoms with E-state index in [0.717, 1.165) is 11.5 Å². The molecule has 2 rings (SSSR count). The van der Waals surface area contributed by atoms with Crippen LogP contribution in [0.4, 0.5) is 0 Å². The van der Waals surface area contributed by atoms with Gasteiger partial charge in [-0.3, -0.25) is 0 Å². The Morgan fingerprint density at radius 2 is 2.33 bits per heavy atom. The first-order chi connectivity index (χ1) is 5.75. The normalized spacial score (nSPS) is 15.3. The summed E-state index contributed by atoms with van der Waals surface area (Å²) in [5, 5.41) is 0.826. The largest absolute Gasteiger partial charge is 0.145 e. The summed E-state index contributed by atoms with van der Waals surface area (Å²) < 4.78 is 0. The van der Waals surface area contributed by atoms with Gasteiger partial charge < -0.3 is 0 Å². The van der Waals surface area contributed by atoms with Gasteiger partial charge in [-0.2, -0.15) is 0 Å². The van der Waals surface area contributed by atoms with Gasteiger partial charge in [-0.05, 0) is 30.7 Å². The summed E-state index contributed by atoms with van der Waals surface area (Å²) in [6, 6.07) is 2.19. The maximum atomic E-state index is 5.94. The van der Waals surface area contributed by atoms with Gasteiger partial charge in [0.2, 0.25) is 0 Å². The fraction of sp³-hybridized carbons (Fsp3) is 0.200. The third-order valence-corrected chi connectivity index (χ3v) is 3.16. The fourth-order valence-electron chi connectivity index (χ4n) is 1.34. The van der Waals surface area contributed by atoms with Gasteiger partial charge in [0.25, 0.3) is 0 Å². The summed E-state index contributed by atoms with van der Waals surface area (Å²) >= 11 is 7.79. The predicted octanol–water partition coefficient (Wildman–Crippen LogP) is 3.75. The number of hydrogen-bond acceptors (Lipinski definition) is 1. The molecule has 0 spiro atoms. The van der Waals surface area contributed by atoms with Crippen LogP contribution in [0.25, 0.3) is 6.08 Å². The molecule has 0 atom stereocenters. The van der Waals surface area contributed by atoms with Crippen LogP contribution in [0.5, 0.6) is 0 Å². The molecule has 1 aliphatic carbocycles. The molecule has 0 saturated carbocycles. The molecule has 12 heavy (non-hydrogen) atoms. The minimum atomic E-state index is 0.826. The zero-order valence-corrected chi connectivity index (χ0v) is 8.38. The lowest BCUT2D eigenvalue weighted by atomic mass is 10.2. The van der Waals surface area contributed by atoms with E-state index < -0.39 is 0 Å². The van der Waals surface area contributed by atoms with Crippen molar-refractivity contribution >= 4 is 29.0 Å². The fourth-order valence-corrected chi connectivity index (χ4v) is 2.54. The number of hydrogen-bond donors (Lipinski definition) is 0. The van der Waals surface area contributed by atoms with E-state index in [0.29, 0.717) is 0 Å². The van der Waals surface area contributed by atoms with E-state index in [-0.39, 0.29) is 0 Å². The molecule has 0 N–H and O–H groups in total. The maximum Gasteiger partial charge on any atom is 0.0409 e. The van der Waals surface area contributed by atoms with Crippen LogP contribution < -0.4 is 0 Å². The molecule has 0 radical (unpaired) electrons. The Labute approximate surface area is 81.2 Å². The minimum absolute atomic E-state index is 0.826. The molecule has 62 valence electrons. The first-order valence-electron chi connectivity index (χ1n) is 3.89. The Morgan fingerprint density at radius 1 is 1.50 bits per heavy atom. The number of thiophene rings is 1. The molecular formula is C10H9ClS. The molecule has 0 aliphatic heterocycles. The summed E-state index contributed by atoms with van der Waals surface area (Å²) in [6.07, 6.45) is 7.12. The smallest absolute Gasteiger partial charge is 0.0409 e. The van der Waals surface area contributed by atoms with Crippen molar-refractivity contribution in [3.05, 3.63) is 38.6 Å². The molecule has 2 heteroatoms. The molecule has 1 aromatic rings. The summed E-state index contributed by atoms with van der Waals surface area (Å²) in [7, 11) is 0. The summed E-state index contributed by atoms with van der Waals surface area (Å²) in [5.74, 6) is 0. The van der Waals surface area contributed by atoms with Crippen LogP contribution in [0.3, 0.4) is 0 Å². The van der Waals surface area contributed by atoms with Gasteiger partial charge in [0.05, 0.1) is 0 Å². The average molecular weight is 197 g/mol. The molecule has 1 aromatic heterocycles. The molecule has 1 heterocycles. The monoisotopic (exact) mass is 196 g/mol. The van der Waals surface area contributed by atoms with E-state index in [1.807, 2.05) is 23.5 Å².